The maximum atomic E-state index is 15.3. The lowest BCUT2D eigenvalue weighted by atomic mass is 9.85. The number of aromatic carboxylic acids is 1. The van der Waals surface area contributed by atoms with Crippen LogP contribution in [0.15, 0.2) is 23.1 Å². The lowest BCUT2D eigenvalue weighted by Gasteiger charge is -2.20. The van der Waals surface area contributed by atoms with Crippen molar-refractivity contribution in [3.05, 3.63) is 55.4 Å². The Hall–Kier alpha value is -2.18. The molecule has 0 radical (unpaired) electrons. The Labute approximate surface area is 181 Å². The molecule has 1 atom stereocenters. The van der Waals surface area contributed by atoms with Crippen molar-refractivity contribution >= 4 is 39.8 Å². The van der Waals surface area contributed by atoms with Gasteiger partial charge in [-0.3, -0.25) is 4.79 Å². The fourth-order valence-corrected chi connectivity index (χ4v) is 6.45. The molecule has 0 aliphatic heterocycles. The number of carboxylic acids is 1. The molecule has 2 aliphatic carbocycles. The molecule has 1 unspecified atom stereocenters. The van der Waals surface area contributed by atoms with Gasteiger partial charge >= 0.3 is 5.97 Å². The number of nitrogens with zero attached hydrogens (tertiary/aromatic N) is 1. The van der Waals surface area contributed by atoms with Gasteiger partial charge in [-0.2, -0.15) is 0 Å². The third-order valence-corrected chi connectivity index (χ3v) is 7.95. The largest absolute Gasteiger partial charge is 0.477 e. The van der Waals surface area contributed by atoms with Gasteiger partial charge < -0.3 is 9.67 Å². The first kappa shape index (κ1) is 19.8. The van der Waals surface area contributed by atoms with Crippen molar-refractivity contribution in [3.63, 3.8) is 0 Å². The normalized spacial score (nSPS) is 18.6. The number of benzene rings is 1. The highest BCUT2D eigenvalue weighted by Crippen LogP contribution is 2.47. The molecule has 0 amide bonds. The summed E-state index contributed by atoms with van der Waals surface area (Å²) in [4.78, 5) is 26.4. The minimum atomic E-state index is -1.31. The Kier molecular flexibility index (Phi) is 4.75. The zero-order valence-corrected chi connectivity index (χ0v) is 18.1. The minimum Gasteiger partial charge on any atom is -0.477 e. The first-order valence-corrected chi connectivity index (χ1v) is 11.5. The number of aryl methyl sites for hydroxylation is 1. The molecule has 1 N–H and O–H groups in total. The van der Waals surface area contributed by atoms with Gasteiger partial charge in [0.2, 0.25) is 5.43 Å². The lowest BCUT2D eigenvalue weighted by Crippen LogP contribution is -2.19. The van der Waals surface area contributed by atoms with Crippen molar-refractivity contribution in [2.75, 3.05) is 0 Å². The number of aromatic nitrogens is 1. The Bertz CT molecular complexity index is 1260. The van der Waals surface area contributed by atoms with Crippen LogP contribution in [-0.4, -0.2) is 15.6 Å². The summed E-state index contributed by atoms with van der Waals surface area (Å²) in [5.74, 6) is -1.40. The van der Waals surface area contributed by atoms with Crippen molar-refractivity contribution in [2.24, 2.45) is 0 Å². The van der Waals surface area contributed by atoms with Gasteiger partial charge in [-0.1, -0.05) is 18.5 Å². The molecule has 1 aromatic carbocycles. The van der Waals surface area contributed by atoms with Crippen molar-refractivity contribution < 1.29 is 14.3 Å². The van der Waals surface area contributed by atoms with Gasteiger partial charge in [0.15, 0.2) is 0 Å². The molecule has 1 saturated carbocycles. The molecule has 2 heterocycles. The van der Waals surface area contributed by atoms with Crippen molar-refractivity contribution in [3.8, 4) is 10.4 Å². The first-order valence-electron chi connectivity index (χ1n) is 10.3. The fraction of sp³-hybridized carbons (Fsp3) is 0.391. The number of fused-ring (bicyclic) bond motifs is 2. The lowest BCUT2D eigenvalue weighted by molar-refractivity contribution is 0.0695. The van der Waals surface area contributed by atoms with Crippen molar-refractivity contribution in [2.45, 2.75) is 57.4 Å². The first-order chi connectivity index (χ1) is 14.4. The Morgan fingerprint density at radius 3 is 2.77 bits per heavy atom. The van der Waals surface area contributed by atoms with E-state index in [0.29, 0.717) is 17.0 Å². The van der Waals surface area contributed by atoms with E-state index in [4.69, 9.17) is 11.6 Å². The molecule has 5 rings (SSSR count). The zero-order chi connectivity index (χ0) is 21.2. The summed E-state index contributed by atoms with van der Waals surface area (Å²) in [5, 5.41) is 9.65. The molecule has 0 bridgehead atoms. The van der Waals surface area contributed by atoms with E-state index in [1.165, 1.54) is 22.7 Å². The van der Waals surface area contributed by atoms with Crippen LogP contribution >= 0.6 is 22.9 Å². The molecular formula is C23H21ClFNO3S. The highest BCUT2D eigenvalue weighted by molar-refractivity contribution is 7.15. The molecule has 2 aliphatic rings. The van der Waals surface area contributed by atoms with Crippen LogP contribution in [0.1, 0.15) is 71.8 Å². The van der Waals surface area contributed by atoms with E-state index in [2.05, 4.69) is 13.0 Å². The van der Waals surface area contributed by atoms with E-state index in [1.807, 2.05) is 0 Å². The summed E-state index contributed by atoms with van der Waals surface area (Å²) in [6, 6.07) is 3.32. The Balaban J connectivity index is 1.78. The summed E-state index contributed by atoms with van der Waals surface area (Å²) in [5.41, 5.74) is 0.993. The average molecular weight is 446 g/mol. The zero-order valence-electron chi connectivity index (χ0n) is 16.5. The van der Waals surface area contributed by atoms with Crippen molar-refractivity contribution in [1.29, 1.82) is 0 Å². The van der Waals surface area contributed by atoms with Crippen LogP contribution in [0.4, 0.5) is 4.39 Å². The molecule has 3 aromatic rings. The smallest absolute Gasteiger partial charge is 0.341 e. The van der Waals surface area contributed by atoms with Crippen molar-refractivity contribution in [1.82, 2.24) is 4.57 Å². The van der Waals surface area contributed by atoms with Crippen LogP contribution in [0.25, 0.3) is 21.3 Å². The van der Waals surface area contributed by atoms with Gasteiger partial charge in [-0.15, -0.1) is 11.3 Å². The van der Waals surface area contributed by atoms with E-state index in [-0.39, 0.29) is 22.0 Å². The molecule has 2 aromatic heterocycles. The SMILES string of the molecule is CCC1CCCc2sc(-c3c(F)cc4c(=O)c(C(=O)O)cn(C5CC5)c4c3Cl)cc21. The summed E-state index contributed by atoms with van der Waals surface area (Å²) >= 11 is 8.34. The third kappa shape index (κ3) is 3.00. The molecule has 7 heteroatoms. The van der Waals surface area contributed by atoms with Crippen LogP contribution in [0.3, 0.4) is 0 Å². The van der Waals surface area contributed by atoms with Crippen LogP contribution in [-0.2, 0) is 6.42 Å². The predicted octanol–water partition coefficient (Wildman–Crippen LogP) is 6.39. The summed E-state index contributed by atoms with van der Waals surface area (Å²) in [6.07, 6.45) is 7.46. The number of rotatable bonds is 4. The van der Waals surface area contributed by atoms with E-state index >= 15 is 4.39 Å². The number of hydrogen-bond donors (Lipinski definition) is 1. The molecule has 0 spiro atoms. The highest BCUT2D eigenvalue weighted by Gasteiger charge is 2.30. The standard InChI is InChI=1S/C23H21ClFNO3S/c1-2-11-4-3-5-17-13(11)9-18(30-17)19-16(25)8-14-21(20(19)24)26(12-6-7-12)10-15(22(14)27)23(28)29/h8-12H,2-7H2,1H3,(H,28,29). The average Bonchev–Trinajstić information content (AvgIpc) is 3.46. The monoisotopic (exact) mass is 445 g/mol. The predicted molar refractivity (Wildman–Crippen MR) is 118 cm³/mol. The summed E-state index contributed by atoms with van der Waals surface area (Å²) in [7, 11) is 0. The number of pyridine rings is 1. The molecule has 156 valence electrons. The fourth-order valence-electron chi connectivity index (χ4n) is 4.66. The van der Waals surface area contributed by atoms with Crippen LogP contribution in [0.2, 0.25) is 5.02 Å². The quantitative estimate of drug-likeness (QED) is 0.506. The van der Waals surface area contributed by atoms with Crippen LogP contribution in [0.5, 0.6) is 0 Å². The molecule has 1 fully saturated rings. The minimum absolute atomic E-state index is 0.0285. The number of carbonyl (C=O) groups is 1. The molecule has 0 saturated heterocycles. The van der Waals surface area contributed by atoms with E-state index in [1.54, 1.807) is 15.9 Å². The van der Waals surface area contributed by atoms with Gasteiger partial charge in [0.1, 0.15) is 11.4 Å². The maximum Gasteiger partial charge on any atom is 0.341 e. The second-order valence-corrected chi connectivity index (χ2v) is 9.76. The van der Waals surface area contributed by atoms with E-state index in [9.17, 15) is 14.7 Å². The summed E-state index contributed by atoms with van der Waals surface area (Å²) < 4.78 is 17.1. The topological polar surface area (TPSA) is 59.3 Å². The highest BCUT2D eigenvalue weighted by atomic mass is 35.5. The van der Waals surface area contributed by atoms with Gasteiger partial charge in [0.25, 0.3) is 0 Å². The van der Waals surface area contributed by atoms with Gasteiger partial charge in [-0.05, 0) is 62.1 Å². The second kappa shape index (κ2) is 7.20. The number of carboxylic acid groups (broad SMARTS) is 1. The Morgan fingerprint density at radius 1 is 1.33 bits per heavy atom. The number of halogens is 2. The second-order valence-electron chi connectivity index (χ2n) is 8.25. The van der Waals surface area contributed by atoms with E-state index < -0.39 is 17.2 Å². The van der Waals surface area contributed by atoms with Crippen LogP contribution in [0, 0.1) is 5.82 Å². The molecule has 4 nitrogen and oxygen atoms in total. The third-order valence-electron chi connectivity index (χ3n) is 6.36. The molecule has 30 heavy (non-hydrogen) atoms. The Morgan fingerprint density at radius 2 is 2.10 bits per heavy atom. The van der Waals surface area contributed by atoms with Gasteiger partial charge in [0, 0.05) is 27.6 Å². The number of hydrogen-bond acceptors (Lipinski definition) is 3. The maximum absolute atomic E-state index is 15.3. The van der Waals surface area contributed by atoms with E-state index in [0.717, 1.165) is 43.4 Å². The van der Waals surface area contributed by atoms with Gasteiger partial charge in [-0.25, -0.2) is 9.18 Å². The van der Waals surface area contributed by atoms with Crippen LogP contribution < -0.4 is 5.43 Å². The van der Waals surface area contributed by atoms with Gasteiger partial charge in [0.05, 0.1) is 15.9 Å². The molecular weight excluding hydrogens is 425 g/mol. The summed E-state index contributed by atoms with van der Waals surface area (Å²) in [6.45, 7) is 2.18. The number of thiophene rings is 1.